The zero-order chi connectivity index (χ0) is 21.6. The molecule has 0 saturated heterocycles. The molecule has 0 bridgehead atoms. The minimum Gasteiger partial charge on any atom is -0.496 e. The van der Waals surface area contributed by atoms with Crippen molar-refractivity contribution in [1.29, 1.82) is 0 Å². The molecule has 7 heteroatoms. The molecule has 1 amide bonds. The van der Waals surface area contributed by atoms with Crippen molar-refractivity contribution in [2.75, 3.05) is 12.4 Å². The van der Waals surface area contributed by atoms with E-state index in [0.29, 0.717) is 17.9 Å². The predicted molar refractivity (Wildman–Crippen MR) is 109 cm³/mol. The van der Waals surface area contributed by atoms with Crippen LogP contribution < -0.4 is 15.4 Å². The van der Waals surface area contributed by atoms with E-state index >= 15 is 0 Å². The van der Waals surface area contributed by atoms with E-state index in [1.54, 1.807) is 31.4 Å². The Hall–Kier alpha value is -3.32. The van der Waals surface area contributed by atoms with E-state index in [1.807, 2.05) is 30.3 Å². The largest absolute Gasteiger partial charge is 0.496 e. The maximum Gasteiger partial charge on any atom is 0.416 e. The summed E-state index contributed by atoms with van der Waals surface area (Å²) in [7, 11) is 1.56. The Kier molecular flexibility index (Phi) is 6.74. The van der Waals surface area contributed by atoms with Crippen LogP contribution in [0.4, 0.5) is 18.9 Å². The summed E-state index contributed by atoms with van der Waals surface area (Å²) in [5, 5.41) is 5.76. The standard InChI is InChI=1S/C23H21F3N2O2/c1-30-20-13-6-5-10-17(20)15-27-21(16-8-3-2-4-9-16)22(29)28-19-12-7-11-18(14-19)23(24,25)26/h2-14,21,27H,15H2,1H3,(H,28,29). The fourth-order valence-electron chi connectivity index (χ4n) is 3.06. The summed E-state index contributed by atoms with van der Waals surface area (Å²) in [5.41, 5.74) is 0.804. The lowest BCUT2D eigenvalue weighted by Gasteiger charge is -2.20. The molecule has 0 fully saturated rings. The van der Waals surface area contributed by atoms with Gasteiger partial charge in [0.2, 0.25) is 5.91 Å². The number of carbonyl (C=O) groups excluding carboxylic acids is 1. The number of rotatable bonds is 7. The van der Waals surface area contributed by atoms with Crippen LogP contribution in [0.15, 0.2) is 78.9 Å². The number of methoxy groups -OCH3 is 1. The number of carbonyl (C=O) groups is 1. The maximum atomic E-state index is 13.0. The number of benzene rings is 3. The van der Waals surface area contributed by atoms with Crippen molar-refractivity contribution in [1.82, 2.24) is 5.32 Å². The Labute approximate surface area is 172 Å². The van der Waals surface area contributed by atoms with E-state index < -0.39 is 23.7 Å². The van der Waals surface area contributed by atoms with Gasteiger partial charge >= 0.3 is 6.18 Å². The molecule has 0 aliphatic heterocycles. The highest BCUT2D eigenvalue weighted by molar-refractivity contribution is 5.95. The third-order valence-corrected chi connectivity index (χ3v) is 4.54. The van der Waals surface area contributed by atoms with Gasteiger partial charge in [0.25, 0.3) is 0 Å². The van der Waals surface area contributed by atoms with Crippen molar-refractivity contribution < 1.29 is 22.7 Å². The molecule has 3 aromatic rings. The number of ether oxygens (including phenoxy) is 1. The van der Waals surface area contributed by atoms with Gasteiger partial charge in [-0.05, 0) is 29.8 Å². The fourth-order valence-corrected chi connectivity index (χ4v) is 3.06. The summed E-state index contributed by atoms with van der Waals surface area (Å²) in [4.78, 5) is 13.0. The Morgan fingerprint density at radius 2 is 1.67 bits per heavy atom. The topological polar surface area (TPSA) is 50.4 Å². The van der Waals surface area contributed by atoms with Crippen molar-refractivity contribution in [2.24, 2.45) is 0 Å². The number of halogens is 3. The summed E-state index contributed by atoms with van der Waals surface area (Å²) >= 11 is 0. The van der Waals surface area contributed by atoms with E-state index in [4.69, 9.17) is 4.74 Å². The smallest absolute Gasteiger partial charge is 0.416 e. The Morgan fingerprint density at radius 3 is 2.37 bits per heavy atom. The minimum absolute atomic E-state index is 0.0786. The van der Waals surface area contributed by atoms with Gasteiger partial charge in [-0.3, -0.25) is 10.1 Å². The number of nitrogens with one attached hydrogen (secondary N) is 2. The highest BCUT2D eigenvalue weighted by Crippen LogP contribution is 2.31. The molecule has 0 spiro atoms. The van der Waals surface area contributed by atoms with Crippen LogP contribution in [0, 0.1) is 0 Å². The lowest BCUT2D eigenvalue weighted by molar-refractivity contribution is -0.137. The molecule has 3 rings (SSSR count). The van der Waals surface area contributed by atoms with Gasteiger partial charge in [0.05, 0.1) is 12.7 Å². The average molecular weight is 414 g/mol. The van der Waals surface area contributed by atoms with Crippen molar-refractivity contribution in [3.05, 3.63) is 95.6 Å². The van der Waals surface area contributed by atoms with Gasteiger partial charge in [0, 0.05) is 17.8 Å². The summed E-state index contributed by atoms with van der Waals surface area (Å²) in [5.74, 6) is 0.213. The molecule has 0 saturated carbocycles. The molecule has 156 valence electrons. The molecular weight excluding hydrogens is 393 g/mol. The summed E-state index contributed by atoms with van der Waals surface area (Å²) in [6.07, 6.45) is -4.48. The van der Waals surface area contributed by atoms with Gasteiger partial charge in [0.15, 0.2) is 0 Å². The lowest BCUT2D eigenvalue weighted by Crippen LogP contribution is -2.33. The number of alkyl halides is 3. The van der Waals surface area contributed by atoms with Crippen LogP contribution in [0.3, 0.4) is 0 Å². The molecule has 2 N–H and O–H groups in total. The minimum atomic E-state index is -4.48. The highest BCUT2D eigenvalue weighted by atomic mass is 19.4. The van der Waals surface area contributed by atoms with Crippen molar-refractivity contribution in [3.63, 3.8) is 0 Å². The predicted octanol–water partition coefficient (Wildman–Crippen LogP) is 5.18. The van der Waals surface area contributed by atoms with Gasteiger partial charge < -0.3 is 10.1 Å². The molecule has 0 aromatic heterocycles. The van der Waals surface area contributed by atoms with Crippen LogP contribution in [0.25, 0.3) is 0 Å². The van der Waals surface area contributed by atoms with Gasteiger partial charge in [0.1, 0.15) is 11.8 Å². The van der Waals surface area contributed by atoms with Crippen LogP contribution in [0.2, 0.25) is 0 Å². The molecule has 4 nitrogen and oxygen atoms in total. The third-order valence-electron chi connectivity index (χ3n) is 4.54. The first-order valence-electron chi connectivity index (χ1n) is 9.27. The molecule has 1 atom stereocenters. The quantitative estimate of drug-likeness (QED) is 0.560. The van der Waals surface area contributed by atoms with Crippen LogP contribution in [-0.2, 0) is 17.5 Å². The van der Waals surface area contributed by atoms with Gasteiger partial charge in [-0.15, -0.1) is 0 Å². The van der Waals surface area contributed by atoms with Crippen LogP contribution in [0.1, 0.15) is 22.7 Å². The monoisotopic (exact) mass is 414 g/mol. The van der Waals surface area contributed by atoms with E-state index in [1.165, 1.54) is 12.1 Å². The first-order chi connectivity index (χ1) is 14.4. The Bertz CT molecular complexity index is 991. The summed E-state index contributed by atoms with van der Waals surface area (Å²) in [6.45, 7) is 0.333. The maximum absolute atomic E-state index is 13.0. The summed E-state index contributed by atoms with van der Waals surface area (Å²) < 4.78 is 44.3. The Morgan fingerprint density at radius 1 is 0.967 bits per heavy atom. The molecule has 0 aliphatic rings. The van der Waals surface area contributed by atoms with E-state index in [2.05, 4.69) is 10.6 Å². The van der Waals surface area contributed by atoms with E-state index in [-0.39, 0.29) is 5.69 Å². The number of para-hydroxylation sites is 1. The molecule has 3 aromatic carbocycles. The van der Waals surface area contributed by atoms with Gasteiger partial charge in [-0.2, -0.15) is 13.2 Å². The fraction of sp³-hybridized carbons (Fsp3) is 0.174. The van der Waals surface area contributed by atoms with Crippen molar-refractivity contribution in [3.8, 4) is 5.75 Å². The van der Waals surface area contributed by atoms with E-state index in [0.717, 1.165) is 17.7 Å². The number of hydrogen-bond donors (Lipinski definition) is 2. The number of amides is 1. The zero-order valence-corrected chi connectivity index (χ0v) is 16.2. The molecule has 30 heavy (non-hydrogen) atoms. The molecule has 0 radical (unpaired) electrons. The molecule has 0 heterocycles. The Balaban J connectivity index is 1.81. The third kappa shape index (κ3) is 5.39. The average Bonchev–Trinajstić information content (AvgIpc) is 2.74. The second-order valence-electron chi connectivity index (χ2n) is 6.60. The highest BCUT2D eigenvalue weighted by Gasteiger charge is 2.30. The van der Waals surface area contributed by atoms with Gasteiger partial charge in [-0.25, -0.2) is 0 Å². The van der Waals surface area contributed by atoms with Crippen molar-refractivity contribution in [2.45, 2.75) is 18.8 Å². The second kappa shape index (κ2) is 9.45. The zero-order valence-electron chi connectivity index (χ0n) is 16.2. The van der Waals surface area contributed by atoms with Crippen molar-refractivity contribution >= 4 is 11.6 Å². The second-order valence-corrected chi connectivity index (χ2v) is 6.60. The van der Waals surface area contributed by atoms with Crippen LogP contribution in [0.5, 0.6) is 5.75 Å². The summed E-state index contributed by atoms with van der Waals surface area (Å²) in [6, 6.07) is 20.2. The van der Waals surface area contributed by atoms with Gasteiger partial charge in [-0.1, -0.05) is 54.6 Å². The van der Waals surface area contributed by atoms with Crippen LogP contribution >= 0.6 is 0 Å². The lowest BCUT2D eigenvalue weighted by atomic mass is 10.0. The molecule has 1 unspecified atom stereocenters. The first-order valence-corrected chi connectivity index (χ1v) is 9.27. The normalized spacial score (nSPS) is 12.3. The van der Waals surface area contributed by atoms with E-state index in [9.17, 15) is 18.0 Å². The number of anilines is 1. The van der Waals surface area contributed by atoms with Crippen LogP contribution in [-0.4, -0.2) is 13.0 Å². The first kappa shape index (κ1) is 21.4. The molecular formula is C23H21F3N2O2. The SMILES string of the molecule is COc1ccccc1CNC(C(=O)Nc1cccc(C(F)(F)F)c1)c1ccccc1. The number of hydrogen-bond acceptors (Lipinski definition) is 3. The molecule has 0 aliphatic carbocycles.